The van der Waals surface area contributed by atoms with Crippen molar-refractivity contribution in [3.63, 3.8) is 0 Å². The highest BCUT2D eigenvalue weighted by atomic mass is 28.4. The predicted octanol–water partition coefficient (Wildman–Crippen LogP) is 1.34. The highest BCUT2D eigenvalue weighted by molar-refractivity contribution is 6.74. The number of nitrogens with one attached hydrogen (secondary N) is 3. The average Bonchev–Trinajstić information content (AvgIpc) is 3.49. The third kappa shape index (κ3) is 4.38. The van der Waals surface area contributed by atoms with Crippen molar-refractivity contribution in [1.82, 2.24) is 16.0 Å². The number of urea groups is 1. The molecule has 1 spiro atoms. The van der Waals surface area contributed by atoms with Crippen LogP contribution in [0.4, 0.5) is 4.79 Å². The zero-order valence-electron chi connectivity index (χ0n) is 18.9. The van der Waals surface area contributed by atoms with E-state index in [1.165, 1.54) is 0 Å². The van der Waals surface area contributed by atoms with Crippen LogP contribution >= 0.6 is 0 Å². The van der Waals surface area contributed by atoms with Gasteiger partial charge in [-0.15, -0.1) is 0 Å². The molecule has 30 heavy (non-hydrogen) atoms. The van der Waals surface area contributed by atoms with Gasteiger partial charge in [-0.05, 0) is 31.0 Å². The van der Waals surface area contributed by atoms with Crippen LogP contribution in [0, 0.1) is 5.92 Å². The molecule has 0 radical (unpaired) electrons. The topological polar surface area (TPSA) is 110 Å². The molecule has 1 saturated carbocycles. The molecule has 9 nitrogen and oxygen atoms in total. The van der Waals surface area contributed by atoms with Gasteiger partial charge in [-0.25, -0.2) is 4.79 Å². The molecule has 10 heteroatoms. The summed E-state index contributed by atoms with van der Waals surface area (Å²) in [6, 6.07) is -0.670. The number of carbonyl (C=O) groups excluding carboxylic acids is 2. The van der Waals surface area contributed by atoms with E-state index in [0.29, 0.717) is 32.6 Å². The van der Waals surface area contributed by atoms with Crippen molar-refractivity contribution in [3.05, 3.63) is 0 Å². The Morgan fingerprint density at radius 1 is 1.27 bits per heavy atom. The lowest BCUT2D eigenvalue weighted by Crippen LogP contribution is -2.69. The van der Waals surface area contributed by atoms with E-state index in [-0.39, 0.29) is 41.3 Å². The summed E-state index contributed by atoms with van der Waals surface area (Å²) >= 11 is 0. The van der Waals surface area contributed by atoms with E-state index in [4.69, 9.17) is 18.6 Å². The van der Waals surface area contributed by atoms with Gasteiger partial charge in [0.25, 0.3) is 0 Å². The van der Waals surface area contributed by atoms with E-state index in [2.05, 4.69) is 49.8 Å². The molecule has 172 valence electrons. The number of epoxide rings is 1. The van der Waals surface area contributed by atoms with Crippen molar-refractivity contribution in [2.75, 3.05) is 26.8 Å². The SMILES string of the molecule is CNC(=O)N[C@H]1[C@H](O[Si](C)(C)C(C)(C)C)[C@@H]2O[C@@H]2C2(OCCCO2)[C@H]1CCNC=O. The smallest absolute Gasteiger partial charge is 0.314 e. The first-order valence-corrected chi connectivity index (χ1v) is 13.7. The average molecular weight is 444 g/mol. The first kappa shape index (κ1) is 23.5. The molecule has 0 bridgehead atoms. The Morgan fingerprint density at radius 3 is 2.50 bits per heavy atom. The van der Waals surface area contributed by atoms with Crippen LogP contribution in [-0.4, -0.2) is 77.7 Å². The van der Waals surface area contributed by atoms with Crippen LogP contribution in [0.5, 0.6) is 0 Å². The second-order valence-corrected chi connectivity index (χ2v) is 14.6. The van der Waals surface area contributed by atoms with Gasteiger partial charge in [-0.1, -0.05) is 20.8 Å². The molecule has 5 atom stereocenters. The first-order valence-electron chi connectivity index (χ1n) is 10.8. The molecule has 3 fully saturated rings. The molecule has 1 aliphatic carbocycles. The van der Waals surface area contributed by atoms with E-state index in [1.54, 1.807) is 7.05 Å². The van der Waals surface area contributed by atoms with Gasteiger partial charge in [0.15, 0.2) is 8.32 Å². The first-order chi connectivity index (χ1) is 14.1. The molecule has 0 aromatic carbocycles. The lowest BCUT2D eigenvalue weighted by molar-refractivity contribution is -0.313. The minimum atomic E-state index is -2.14. The van der Waals surface area contributed by atoms with E-state index in [1.807, 2.05) is 0 Å². The van der Waals surface area contributed by atoms with E-state index >= 15 is 0 Å². The Labute approximate surface area is 180 Å². The summed E-state index contributed by atoms with van der Waals surface area (Å²) in [6.45, 7) is 12.6. The zero-order valence-corrected chi connectivity index (χ0v) is 19.9. The van der Waals surface area contributed by atoms with Gasteiger partial charge < -0.3 is 34.6 Å². The summed E-state index contributed by atoms with van der Waals surface area (Å²) in [5, 5.41) is 8.47. The minimum Gasteiger partial charge on any atom is -0.409 e. The van der Waals surface area contributed by atoms with E-state index in [9.17, 15) is 9.59 Å². The van der Waals surface area contributed by atoms with Crippen LogP contribution < -0.4 is 16.0 Å². The Bertz CT molecular complexity index is 635. The predicted molar refractivity (Wildman–Crippen MR) is 114 cm³/mol. The van der Waals surface area contributed by atoms with Crippen molar-refractivity contribution >= 4 is 20.8 Å². The molecular weight excluding hydrogens is 406 g/mol. The van der Waals surface area contributed by atoms with Crippen LogP contribution in [0.15, 0.2) is 0 Å². The fourth-order valence-corrected chi connectivity index (χ4v) is 5.59. The van der Waals surface area contributed by atoms with Crippen molar-refractivity contribution in [2.24, 2.45) is 5.92 Å². The quantitative estimate of drug-likeness (QED) is 0.237. The van der Waals surface area contributed by atoms with Gasteiger partial charge in [-0.3, -0.25) is 4.79 Å². The summed E-state index contributed by atoms with van der Waals surface area (Å²) in [6.07, 6.45) is 1.31. The fourth-order valence-electron chi connectivity index (χ4n) is 4.28. The molecular formula is C20H37N3O6Si. The Kier molecular flexibility index (Phi) is 6.83. The number of hydrogen-bond acceptors (Lipinski definition) is 6. The third-order valence-electron chi connectivity index (χ3n) is 6.94. The molecule has 3 rings (SSSR count). The Morgan fingerprint density at radius 2 is 1.93 bits per heavy atom. The van der Waals surface area contributed by atoms with Gasteiger partial charge >= 0.3 is 6.03 Å². The van der Waals surface area contributed by atoms with Gasteiger partial charge in [0.2, 0.25) is 12.2 Å². The molecule has 3 aliphatic rings. The summed E-state index contributed by atoms with van der Waals surface area (Å²) in [5.41, 5.74) is 0. The lowest BCUT2D eigenvalue weighted by Gasteiger charge is -2.51. The largest absolute Gasteiger partial charge is 0.409 e. The molecule has 3 amide bonds. The van der Waals surface area contributed by atoms with Gasteiger partial charge in [-0.2, -0.15) is 0 Å². The molecule has 0 unspecified atom stereocenters. The maximum absolute atomic E-state index is 12.4. The maximum Gasteiger partial charge on any atom is 0.314 e. The van der Waals surface area contributed by atoms with Gasteiger partial charge in [0.05, 0.1) is 25.4 Å². The number of ether oxygens (including phenoxy) is 3. The molecule has 2 saturated heterocycles. The van der Waals surface area contributed by atoms with E-state index in [0.717, 1.165) is 6.42 Å². The zero-order chi connectivity index (χ0) is 22.2. The van der Waals surface area contributed by atoms with Crippen LogP contribution in [0.2, 0.25) is 18.1 Å². The summed E-state index contributed by atoms with van der Waals surface area (Å²) in [5.74, 6) is -1.17. The second-order valence-electron chi connectivity index (χ2n) is 9.85. The standard InChI is InChI=1S/C20H37N3O6Si/c1-19(2,3)30(5,6)29-15-14(23-18(25)21-4)13(8-9-22-12-24)20(17-16(15)28-17)26-10-7-11-27-20/h12-17H,7-11H2,1-6H3,(H,22,24)(H2,21,23,25)/t13-,14+,15-,16-,17-/m0/s1. The third-order valence-corrected chi connectivity index (χ3v) is 11.4. The number of carbonyl (C=O) groups is 2. The fraction of sp³-hybridized carbons (Fsp3) is 0.900. The maximum atomic E-state index is 12.4. The number of fused-ring (bicyclic) bond motifs is 2. The van der Waals surface area contributed by atoms with Crippen LogP contribution in [-0.2, 0) is 23.4 Å². The summed E-state index contributed by atoms with van der Waals surface area (Å²) in [7, 11) is -0.556. The normalized spacial score (nSPS) is 32.8. The molecule has 3 N–H and O–H groups in total. The highest BCUT2D eigenvalue weighted by Crippen LogP contribution is 2.53. The van der Waals surface area contributed by atoms with Crippen LogP contribution in [0.25, 0.3) is 0 Å². The summed E-state index contributed by atoms with van der Waals surface area (Å²) < 4.78 is 25.3. The number of rotatable bonds is 7. The molecule has 0 aromatic rings. The van der Waals surface area contributed by atoms with Gasteiger partial charge in [0.1, 0.15) is 12.2 Å². The minimum absolute atomic E-state index is 0.0104. The van der Waals surface area contributed by atoms with Crippen LogP contribution in [0.1, 0.15) is 33.6 Å². The summed E-state index contributed by atoms with van der Waals surface area (Å²) in [4.78, 5) is 23.3. The Hall–Kier alpha value is -1.20. The van der Waals surface area contributed by atoms with Crippen molar-refractivity contribution in [1.29, 1.82) is 0 Å². The number of amides is 3. The Balaban J connectivity index is 1.95. The number of hydrogen-bond donors (Lipinski definition) is 3. The second kappa shape index (κ2) is 8.74. The van der Waals surface area contributed by atoms with Gasteiger partial charge in [0, 0.05) is 19.5 Å². The highest BCUT2D eigenvalue weighted by Gasteiger charge is 2.71. The monoisotopic (exact) mass is 443 g/mol. The molecule has 0 aromatic heterocycles. The lowest BCUT2D eigenvalue weighted by atomic mass is 9.75. The van der Waals surface area contributed by atoms with Crippen LogP contribution in [0.3, 0.4) is 0 Å². The van der Waals surface area contributed by atoms with Crippen molar-refractivity contribution in [2.45, 2.75) is 81.9 Å². The van der Waals surface area contributed by atoms with E-state index < -0.39 is 14.1 Å². The van der Waals surface area contributed by atoms with Crippen molar-refractivity contribution in [3.8, 4) is 0 Å². The van der Waals surface area contributed by atoms with Crippen molar-refractivity contribution < 1.29 is 28.2 Å². The molecule has 2 aliphatic heterocycles. The molecule has 2 heterocycles.